The number of nitrogens with one attached hydrogen (secondary N) is 6. The predicted molar refractivity (Wildman–Crippen MR) is 409 cm³/mol. The number of thiazole rings is 2. The lowest BCUT2D eigenvalue weighted by Gasteiger charge is -1.82. The van der Waals surface area contributed by atoms with E-state index in [0.717, 1.165) is 62.0 Å². The zero-order valence-corrected chi connectivity index (χ0v) is 65.1. The molecule has 0 aliphatic heterocycles. The van der Waals surface area contributed by atoms with Crippen molar-refractivity contribution in [3.8, 4) is 0 Å². The maximum absolute atomic E-state index is 4.83. The lowest BCUT2D eigenvalue weighted by atomic mass is 10.2. The monoisotopic (exact) mass is 1500 g/mol. The second-order valence-electron chi connectivity index (χ2n) is 19.7. The van der Waals surface area contributed by atoms with Gasteiger partial charge in [0.25, 0.3) is 0 Å². The third kappa shape index (κ3) is 60.3. The van der Waals surface area contributed by atoms with Crippen LogP contribution in [0.25, 0.3) is 0 Å². The van der Waals surface area contributed by atoms with Crippen LogP contribution in [0.3, 0.4) is 0 Å². The van der Waals surface area contributed by atoms with E-state index in [4.69, 9.17) is 13.3 Å². The van der Waals surface area contributed by atoms with E-state index in [-0.39, 0.29) is 0 Å². The third-order valence-corrected chi connectivity index (χ3v) is 13.8. The quantitative estimate of drug-likeness (QED) is 0.0821. The Morgan fingerprint density at radius 3 is 1.31 bits per heavy atom. The average Bonchev–Trinajstić information content (AvgIpc) is 2.93. The van der Waals surface area contributed by atoms with Gasteiger partial charge in [0.05, 0.1) is 41.7 Å². The van der Waals surface area contributed by atoms with Crippen LogP contribution >= 0.6 is 56.9 Å². The van der Waals surface area contributed by atoms with Gasteiger partial charge in [0, 0.05) is 107 Å². The molecular weight excluding hydrogens is 1400 g/mol. The van der Waals surface area contributed by atoms with Gasteiger partial charge in [-0.1, -0.05) is 47.1 Å². The van der Waals surface area contributed by atoms with Crippen molar-refractivity contribution in [2.45, 2.75) is 118 Å². The van der Waals surface area contributed by atoms with Crippen LogP contribution in [0.5, 0.6) is 0 Å². The van der Waals surface area contributed by atoms with E-state index in [1.165, 1.54) is 62.9 Å². The number of imidazole rings is 2. The minimum absolute atomic E-state index is 0.606. The first-order chi connectivity index (χ1) is 49.7. The summed E-state index contributed by atoms with van der Waals surface area (Å²) in [6, 6.07) is 27.9. The Labute approximate surface area is 621 Å². The number of furan rings is 1. The summed E-state index contributed by atoms with van der Waals surface area (Å²) in [5.41, 5.74) is 8.30. The molecule has 0 aliphatic rings. The maximum Gasteiger partial charge on any atom is 0.213 e. The molecule has 0 saturated heterocycles. The van der Waals surface area contributed by atoms with Crippen LogP contribution in [0.2, 0.25) is 0 Å². The van der Waals surface area contributed by atoms with Gasteiger partial charge in [0.15, 0.2) is 12.3 Å². The van der Waals surface area contributed by atoms with Crippen molar-refractivity contribution in [3.05, 3.63) is 313 Å². The number of nitrogens with zero attached hydrogens (tertiary/aromatic N) is 17. The number of aromatic amines is 6. The summed E-state index contributed by atoms with van der Waals surface area (Å²) in [5, 5.41) is 42.7. The summed E-state index contributed by atoms with van der Waals surface area (Å²) in [6.45, 7) is 32.9. The van der Waals surface area contributed by atoms with Crippen LogP contribution < -0.4 is 0 Å². The Kier molecular flexibility index (Phi) is 53.7. The van der Waals surface area contributed by atoms with Crippen LogP contribution in [0, 0.1) is 118 Å². The van der Waals surface area contributed by atoms with Crippen molar-refractivity contribution in [2.75, 3.05) is 0 Å². The Hall–Kier alpha value is -11.4. The number of hydrogen-bond acceptors (Lipinski definition) is 27. The number of thiophene rings is 1. The van der Waals surface area contributed by atoms with E-state index in [9.17, 15) is 0 Å². The largest absolute Gasteiger partial charge is 0.470 e. The van der Waals surface area contributed by atoms with E-state index in [0.29, 0.717) is 5.89 Å². The van der Waals surface area contributed by atoms with Gasteiger partial charge in [-0.25, -0.2) is 34.3 Å². The molecule has 0 amide bonds. The molecule has 548 valence electrons. The van der Waals surface area contributed by atoms with E-state index in [1.54, 1.807) is 145 Å². The number of benzene rings is 1. The van der Waals surface area contributed by atoms with Gasteiger partial charge in [-0.05, 0) is 163 Å². The fourth-order valence-corrected chi connectivity index (χ4v) is 7.50. The number of hydrogen-bond donors (Lipinski definition) is 6. The first-order valence-corrected chi connectivity index (χ1v) is 35.2. The lowest BCUT2D eigenvalue weighted by molar-refractivity contribution is 0.397. The molecule has 0 fully saturated rings. The minimum atomic E-state index is 0.606. The highest BCUT2D eigenvalue weighted by atomic mass is 32.1. The first-order valence-electron chi connectivity index (χ1n) is 31.0. The molecule has 0 aliphatic carbocycles. The number of oxazole rings is 2. The van der Waals surface area contributed by atoms with Gasteiger partial charge in [0.1, 0.15) is 64.2 Å². The number of aryl methyl sites for hydroxylation is 17. The van der Waals surface area contributed by atoms with Gasteiger partial charge in [-0.2, -0.15) is 15.3 Å². The predicted octanol–water partition coefficient (Wildman–Crippen LogP) is 17.9. The number of aromatic nitrogens is 23. The zero-order valence-electron chi connectivity index (χ0n) is 61.0. The summed E-state index contributed by atoms with van der Waals surface area (Å²) in [4.78, 5) is 43.0. The Bertz CT molecular complexity index is 3150. The molecule has 28 nitrogen and oxygen atoms in total. The van der Waals surface area contributed by atoms with Gasteiger partial charge in [-0.3, -0.25) is 25.3 Å². The first kappa shape index (κ1) is 89.6. The van der Waals surface area contributed by atoms with Gasteiger partial charge in [0.2, 0.25) is 12.3 Å². The fraction of sp³-hybridized carbons (Fsp3) is 0.243. The van der Waals surface area contributed by atoms with Crippen molar-refractivity contribution in [1.82, 2.24) is 115 Å². The highest BCUT2D eigenvalue weighted by molar-refractivity contribution is 7.10. The van der Waals surface area contributed by atoms with Crippen LogP contribution in [0.4, 0.5) is 0 Å². The molecule has 0 spiro atoms. The van der Waals surface area contributed by atoms with Crippen molar-refractivity contribution in [3.63, 3.8) is 0 Å². The van der Waals surface area contributed by atoms with E-state index < -0.39 is 0 Å². The van der Waals surface area contributed by atoms with Gasteiger partial charge < -0.3 is 37.1 Å². The molecule has 16 heterocycles. The maximum atomic E-state index is 4.83. The second-order valence-corrected chi connectivity index (χ2v) is 25.1. The molecule has 0 bridgehead atoms. The molecule has 103 heavy (non-hydrogen) atoms. The van der Waals surface area contributed by atoms with Crippen molar-refractivity contribution >= 4 is 56.9 Å². The molecule has 0 saturated carbocycles. The molecule has 17 rings (SSSR count). The Balaban J connectivity index is 0.000000547. The highest BCUT2D eigenvalue weighted by Gasteiger charge is 1.85. The van der Waals surface area contributed by atoms with E-state index in [1.807, 2.05) is 168 Å². The molecule has 6 N–H and O–H groups in total. The lowest BCUT2D eigenvalue weighted by Crippen LogP contribution is -1.68. The summed E-state index contributed by atoms with van der Waals surface area (Å²) < 4.78 is 27.3. The molecule has 33 heteroatoms. The summed E-state index contributed by atoms with van der Waals surface area (Å²) >= 11 is 8.19. The number of rotatable bonds is 0. The Morgan fingerprint density at radius 2 is 1.15 bits per heavy atom. The zero-order chi connectivity index (χ0) is 75.6. The van der Waals surface area contributed by atoms with E-state index >= 15 is 0 Å². The van der Waals surface area contributed by atoms with Crippen LogP contribution in [-0.2, 0) is 0 Å². The topological polar surface area (TPSA) is 380 Å². The minimum Gasteiger partial charge on any atom is -0.470 e. The smallest absolute Gasteiger partial charge is 0.213 e. The molecule has 0 atom stereocenters. The standard InChI is InChI=1S/C7H8.C5H7N.C5H6O.C5H6S.3C4H6N2.3C4H5NO.3C4H5NS.2C3H5N3.C3H4N2O.C3H4N2S/c1-7-5-3-2-4-6-7;3*1-5-3-2-4-6-5;1-4-2-5-3-6-4;1-4-5-2-3-6-4;1-4-2-3-5-6-4;1-4-2-5-3-6-4;1-4-5-2-3-6-4;1-4-2-3-5-6-4;1-4-2-5-3-6-4;1-4-5-2-3-6-4;1-4-2-3-5-6-4;2*1-3-4-2-5-6-3;2*1-3-5-4-2-6-3/h2-6H,1H3;2-4,6H,1H3;2*2-4H,1H3;3*2-3H,1H3,(H,5,6);6*2-3H,1H3;2*2H,1H3,(H,4,5,6);2*2H,1H3. The summed E-state index contributed by atoms with van der Waals surface area (Å²) in [6.07, 6.45) is 29.9. The van der Waals surface area contributed by atoms with Crippen LogP contribution in [0.15, 0.2) is 241 Å². The highest BCUT2D eigenvalue weighted by Crippen LogP contribution is 2.04. The molecule has 17 aromatic rings. The number of H-pyrrole nitrogens is 6. The van der Waals surface area contributed by atoms with Gasteiger partial charge in [-0.15, -0.1) is 65.7 Å². The third-order valence-electron chi connectivity index (χ3n) is 10.3. The summed E-state index contributed by atoms with van der Waals surface area (Å²) in [7, 11) is 0. The van der Waals surface area contributed by atoms with Gasteiger partial charge >= 0.3 is 0 Å². The van der Waals surface area contributed by atoms with Crippen molar-refractivity contribution in [2.24, 2.45) is 0 Å². The molecule has 0 radical (unpaired) electrons. The molecule has 0 unspecified atom stereocenters. The average molecular weight is 1500 g/mol. The Morgan fingerprint density at radius 1 is 0.379 bits per heavy atom. The SMILES string of the molecule is Cc1ccc[nH]1.Cc1ccccc1.Cc1ccco1.Cc1cccs1.Cc1ccn[nH]1.Cc1ccno1.Cc1ccns1.Cc1cnc[nH]1.Cc1cnco1.Cc1cncs1.Cc1ncc[nH]1.Cc1ncco1.Cc1nccs1.Cc1ncn[nH]1.Cc1ncn[nH]1.Cc1nnco1.Cc1nncs1. The van der Waals surface area contributed by atoms with Crippen LogP contribution in [0.1, 0.15) is 93.8 Å². The van der Waals surface area contributed by atoms with Crippen LogP contribution in [-0.4, -0.2) is 115 Å². The molecule has 1 aromatic carbocycles. The summed E-state index contributed by atoms with van der Waals surface area (Å²) in [5.74, 6) is 6.69. The second kappa shape index (κ2) is 61.7. The fourth-order valence-electron chi connectivity index (χ4n) is 5.37. The van der Waals surface area contributed by atoms with E-state index in [2.05, 4.69) is 168 Å². The van der Waals surface area contributed by atoms with Crippen molar-refractivity contribution < 1.29 is 22.2 Å². The normalized spacial score (nSPS) is 8.83. The molecular formula is C70H93N23O5S5. The van der Waals surface area contributed by atoms with Crippen molar-refractivity contribution in [1.29, 1.82) is 0 Å². The molecule has 16 aromatic heterocycles.